The highest BCUT2D eigenvalue weighted by Crippen LogP contribution is 2.25. The zero-order valence-corrected chi connectivity index (χ0v) is 9.62. The lowest BCUT2D eigenvalue weighted by atomic mass is 10.1. The Balaban J connectivity index is 0.000000336. The zero-order valence-electron chi connectivity index (χ0n) is 8.80. The molecule has 1 saturated carbocycles. The summed E-state index contributed by atoms with van der Waals surface area (Å²) in [7, 11) is -1.84. The summed E-state index contributed by atoms with van der Waals surface area (Å²) in [6, 6.07) is 0.206. The molecule has 0 aromatic heterocycles. The molecule has 0 radical (unpaired) electrons. The largest absolute Gasteiger partial charge is 0.481 e. The minimum Gasteiger partial charge on any atom is -0.481 e. The monoisotopic (exact) mass is 239 g/mol. The first kappa shape index (κ1) is 14.3. The molecule has 90 valence electrons. The predicted molar refractivity (Wildman–Crippen MR) is 55.3 cm³/mol. The smallest absolute Gasteiger partial charge is 0.308 e. The third-order valence-electron chi connectivity index (χ3n) is 2.20. The Hall–Kier alpha value is -0.660. The average molecular weight is 239 g/mol. The molecule has 0 spiro atoms. The summed E-state index contributed by atoms with van der Waals surface area (Å²) in [6.45, 7) is 0. The van der Waals surface area contributed by atoms with E-state index in [1.165, 1.54) is 0 Å². The molecule has 7 heteroatoms. The molecule has 6 nitrogen and oxygen atoms in total. The summed E-state index contributed by atoms with van der Waals surface area (Å²) in [4.78, 5) is 10.5. The van der Waals surface area contributed by atoms with Crippen molar-refractivity contribution in [2.75, 3.05) is 13.3 Å². The van der Waals surface area contributed by atoms with Crippen LogP contribution < -0.4 is 5.32 Å². The van der Waals surface area contributed by atoms with E-state index >= 15 is 0 Å². The standard InChI is InChI=1S/C7H13NO2.CH4O3S/c1-8-6-4-2-3-5(6)7(9)10;1-5(2,3)4/h5-6,8H,2-4H2,1H3,(H,9,10);1H3,(H,2,3,4). The minimum atomic E-state index is -3.67. The van der Waals surface area contributed by atoms with E-state index in [0.29, 0.717) is 6.26 Å². The third kappa shape index (κ3) is 7.29. The summed E-state index contributed by atoms with van der Waals surface area (Å²) < 4.78 is 25.9. The Morgan fingerprint density at radius 1 is 1.40 bits per heavy atom. The highest BCUT2D eigenvalue weighted by Gasteiger charge is 2.31. The second-order valence-corrected chi connectivity index (χ2v) is 4.97. The normalized spacial score (nSPS) is 25.5. The summed E-state index contributed by atoms with van der Waals surface area (Å²) in [5.74, 6) is -0.804. The van der Waals surface area contributed by atoms with Crippen molar-refractivity contribution in [2.24, 2.45) is 5.92 Å². The molecule has 3 N–H and O–H groups in total. The number of rotatable bonds is 2. The lowest BCUT2D eigenvalue weighted by Gasteiger charge is -2.13. The molecular formula is C8H17NO5S. The van der Waals surface area contributed by atoms with Crippen molar-refractivity contribution in [1.29, 1.82) is 0 Å². The molecule has 0 bridgehead atoms. The van der Waals surface area contributed by atoms with E-state index in [9.17, 15) is 13.2 Å². The number of carboxylic acid groups (broad SMARTS) is 1. The van der Waals surface area contributed by atoms with Gasteiger partial charge in [0.15, 0.2) is 0 Å². The van der Waals surface area contributed by atoms with Crippen LogP contribution in [0, 0.1) is 5.92 Å². The predicted octanol–water partition coefficient (Wildman–Crippen LogP) is -0.0369. The minimum absolute atomic E-state index is 0.148. The number of aliphatic carboxylic acids is 1. The Kier molecular flexibility index (Phi) is 5.77. The quantitative estimate of drug-likeness (QED) is 0.584. The van der Waals surface area contributed by atoms with E-state index < -0.39 is 16.1 Å². The van der Waals surface area contributed by atoms with Crippen molar-refractivity contribution in [3.05, 3.63) is 0 Å². The second kappa shape index (κ2) is 6.04. The lowest BCUT2D eigenvalue weighted by Crippen LogP contribution is -2.33. The van der Waals surface area contributed by atoms with Gasteiger partial charge >= 0.3 is 5.97 Å². The molecule has 0 aromatic carbocycles. The van der Waals surface area contributed by atoms with Crippen molar-refractivity contribution >= 4 is 16.1 Å². The summed E-state index contributed by atoms with van der Waals surface area (Å²) in [5, 5.41) is 11.7. The molecule has 1 aliphatic rings. The van der Waals surface area contributed by atoms with Crippen LogP contribution in [-0.4, -0.2) is 43.4 Å². The van der Waals surface area contributed by atoms with Gasteiger partial charge in [0, 0.05) is 6.04 Å². The maximum atomic E-state index is 10.5. The molecule has 0 amide bonds. The van der Waals surface area contributed by atoms with Gasteiger partial charge in [-0.15, -0.1) is 0 Å². The number of carbonyl (C=O) groups is 1. The molecule has 15 heavy (non-hydrogen) atoms. The Morgan fingerprint density at radius 2 is 1.87 bits per heavy atom. The van der Waals surface area contributed by atoms with Crippen LogP contribution in [0.2, 0.25) is 0 Å². The van der Waals surface area contributed by atoms with E-state index in [0.717, 1.165) is 19.3 Å². The molecule has 0 heterocycles. The van der Waals surface area contributed by atoms with Crippen LogP contribution in [0.25, 0.3) is 0 Å². The van der Waals surface area contributed by atoms with Crippen molar-refractivity contribution in [1.82, 2.24) is 5.32 Å². The van der Waals surface area contributed by atoms with Crippen LogP contribution in [0.15, 0.2) is 0 Å². The summed E-state index contributed by atoms with van der Waals surface area (Å²) >= 11 is 0. The number of hydrogen-bond acceptors (Lipinski definition) is 4. The Labute approximate surface area is 89.4 Å². The first-order chi connectivity index (χ1) is 6.75. The zero-order chi connectivity index (χ0) is 12.1. The highest BCUT2D eigenvalue weighted by molar-refractivity contribution is 7.85. The molecular weight excluding hydrogens is 222 g/mol. The molecule has 2 atom stereocenters. The van der Waals surface area contributed by atoms with E-state index in [2.05, 4.69) is 5.32 Å². The van der Waals surface area contributed by atoms with Crippen LogP contribution in [0.5, 0.6) is 0 Å². The van der Waals surface area contributed by atoms with Crippen molar-refractivity contribution < 1.29 is 22.9 Å². The van der Waals surface area contributed by atoms with Gasteiger partial charge in [-0.25, -0.2) is 0 Å². The molecule has 0 aliphatic heterocycles. The third-order valence-corrected chi connectivity index (χ3v) is 2.20. The van der Waals surface area contributed by atoms with E-state index in [-0.39, 0.29) is 12.0 Å². The van der Waals surface area contributed by atoms with Crippen molar-refractivity contribution in [3.63, 3.8) is 0 Å². The maximum absolute atomic E-state index is 10.5. The number of nitrogens with one attached hydrogen (secondary N) is 1. The van der Waals surface area contributed by atoms with Gasteiger partial charge in [-0.2, -0.15) is 8.42 Å². The van der Waals surface area contributed by atoms with Gasteiger partial charge in [-0.3, -0.25) is 9.35 Å². The van der Waals surface area contributed by atoms with Gasteiger partial charge in [0.1, 0.15) is 0 Å². The van der Waals surface area contributed by atoms with Gasteiger partial charge in [-0.1, -0.05) is 6.42 Å². The summed E-state index contributed by atoms with van der Waals surface area (Å²) in [6.07, 6.45) is 3.60. The molecule has 1 fully saturated rings. The Bertz CT molecular complexity index is 292. The molecule has 1 aliphatic carbocycles. The fourth-order valence-corrected chi connectivity index (χ4v) is 1.60. The fourth-order valence-electron chi connectivity index (χ4n) is 1.60. The SMILES string of the molecule is CNC1CCCC1C(=O)O.CS(=O)(=O)O. The second-order valence-electron chi connectivity index (χ2n) is 3.50. The van der Waals surface area contributed by atoms with Crippen LogP contribution in [0.4, 0.5) is 0 Å². The van der Waals surface area contributed by atoms with Gasteiger partial charge in [-0.05, 0) is 19.9 Å². The van der Waals surface area contributed by atoms with Gasteiger partial charge < -0.3 is 10.4 Å². The first-order valence-corrected chi connectivity index (χ1v) is 6.43. The van der Waals surface area contributed by atoms with Crippen molar-refractivity contribution in [2.45, 2.75) is 25.3 Å². The van der Waals surface area contributed by atoms with E-state index in [1.807, 2.05) is 7.05 Å². The van der Waals surface area contributed by atoms with Crippen LogP contribution in [0.1, 0.15) is 19.3 Å². The molecule has 2 unspecified atom stereocenters. The molecule has 0 aromatic rings. The summed E-state index contributed by atoms with van der Waals surface area (Å²) in [5.41, 5.74) is 0. The van der Waals surface area contributed by atoms with Gasteiger partial charge in [0.2, 0.25) is 0 Å². The molecule has 0 saturated heterocycles. The van der Waals surface area contributed by atoms with E-state index in [1.54, 1.807) is 0 Å². The molecule has 1 rings (SSSR count). The van der Waals surface area contributed by atoms with Crippen molar-refractivity contribution in [3.8, 4) is 0 Å². The average Bonchev–Trinajstić information content (AvgIpc) is 2.47. The topological polar surface area (TPSA) is 104 Å². The number of carboxylic acids is 1. The number of hydrogen-bond donors (Lipinski definition) is 3. The fraction of sp³-hybridized carbons (Fsp3) is 0.875. The first-order valence-electron chi connectivity index (χ1n) is 4.58. The van der Waals surface area contributed by atoms with Crippen LogP contribution in [-0.2, 0) is 14.9 Å². The lowest BCUT2D eigenvalue weighted by molar-refractivity contribution is -0.142. The van der Waals surface area contributed by atoms with Gasteiger partial charge in [0.25, 0.3) is 10.1 Å². The van der Waals surface area contributed by atoms with E-state index in [4.69, 9.17) is 9.66 Å². The Morgan fingerprint density at radius 3 is 2.13 bits per heavy atom. The van der Waals surface area contributed by atoms with Crippen LogP contribution >= 0.6 is 0 Å². The maximum Gasteiger partial charge on any atom is 0.308 e. The highest BCUT2D eigenvalue weighted by atomic mass is 32.2. The van der Waals surface area contributed by atoms with Gasteiger partial charge in [0.05, 0.1) is 12.2 Å². The van der Waals surface area contributed by atoms with Crippen LogP contribution in [0.3, 0.4) is 0 Å².